The number of hydrogen-bond acceptors (Lipinski definition) is 4. The second-order valence-electron chi connectivity index (χ2n) is 4.82. The first kappa shape index (κ1) is 18.4. The highest BCUT2D eigenvalue weighted by atomic mass is 79.9. The number of methoxy groups -OCH3 is 1. The molecule has 0 spiro atoms. The van der Waals surface area contributed by atoms with Crippen LogP contribution in [-0.2, 0) is 6.54 Å². The molecule has 0 radical (unpaired) electrons. The molecule has 1 N–H and O–H groups in total. The van der Waals surface area contributed by atoms with E-state index >= 15 is 0 Å². The van der Waals surface area contributed by atoms with E-state index in [2.05, 4.69) is 33.0 Å². The van der Waals surface area contributed by atoms with Crippen LogP contribution in [0.2, 0.25) is 5.02 Å². The summed E-state index contributed by atoms with van der Waals surface area (Å²) in [6.07, 6.45) is 3.39. The van der Waals surface area contributed by atoms with E-state index in [0.717, 1.165) is 15.6 Å². The molecule has 2 aromatic carbocycles. The molecule has 2 rings (SSSR count). The van der Waals surface area contributed by atoms with Gasteiger partial charge in [-0.05, 0) is 45.3 Å². The molecule has 6 heteroatoms. The molecule has 4 nitrogen and oxygen atoms in total. The van der Waals surface area contributed by atoms with Gasteiger partial charge in [0, 0.05) is 5.02 Å². The maximum atomic E-state index is 6.10. The first-order valence-electron chi connectivity index (χ1n) is 7.26. The molecule has 0 heterocycles. The van der Waals surface area contributed by atoms with Gasteiger partial charge >= 0.3 is 0 Å². The Bertz CT molecular complexity index is 735. The monoisotopic (exact) mass is 408 g/mol. The van der Waals surface area contributed by atoms with Gasteiger partial charge < -0.3 is 14.9 Å². The number of hydrazone groups is 1. The Labute approximate surface area is 155 Å². The third-order valence-corrected chi connectivity index (χ3v) is 4.09. The molecule has 0 fully saturated rings. The average molecular weight is 410 g/mol. The maximum Gasteiger partial charge on any atom is 0.175 e. The molecule has 0 amide bonds. The molecule has 0 aliphatic carbocycles. The minimum Gasteiger partial charge on any atom is -0.493 e. The molecule has 2 aromatic rings. The minimum atomic E-state index is 0.405. The van der Waals surface area contributed by atoms with Crippen LogP contribution in [0.25, 0.3) is 0 Å². The van der Waals surface area contributed by atoms with Crippen molar-refractivity contribution in [1.82, 2.24) is 5.43 Å². The van der Waals surface area contributed by atoms with E-state index in [9.17, 15) is 0 Å². The number of rotatable bonds is 8. The normalized spacial score (nSPS) is 10.6. The number of nitrogens with one attached hydrogen (secondary N) is 1. The van der Waals surface area contributed by atoms with Crippen molar-refractivity contribution in [2.75, 3.05) is 13.7 Å². The third kappa shape index (κ3) is 5.01. The van der Waals surface area contributed by atoms with E-state index in [1.807, 2.05) is 36.4 Å². The zero-order valence-corrected chi connectivity index (χ0v) is 15.6. The van der Waals surface area contributed by atoms with E-state index in [0.29, 0.717) is 29.7 Å². The van der Waals surface area contributed by atoms with E-state index in [1.54, 1.807) is 19.4 Å². The van der Waals surface area contributed by atoms with Gasteiger partial charge in [-0.15, -0.1) is 0 Å². The van der Waals surface area contributed by atoms with Gasteiger partial charge in [-0.1, -0.05) is 42.5 Å². The summed E-state index contributed by atoms with van der Waals surface area (Å²) in [4.78, 5) is 0. The van der Waals surface area contributed by atoms with Crippen LogP contribution in [0, 0.1) is 0 Å². The molecule has 0 atom stereocenters. The van der Waals surface area contributed by atoms with Gasteiger partial charge in [-0.2, -0.15) is 5.10 Å². The zero-order valence-electron chi connectivity index (χ0n) is 13.3. The molecule has 24 heavy (non-hydrogen) atoms. The number of halogens is 2. The van der Waals surface area contributed by atoms with E-state index in [1.165, 1.54) is 0 Å². The summed E-state index contributed by atoms with van der Waals surface area (Å²) in [6.45, 7) is 4.59. The number of hydrogen-bond donors (Lipinski definition) is 1. The summed E-state index contributed by atoms with van der Waals surface area (Å²) in [5, 5.41) is 4.94. The molecule has 0 bridgehead atoms. The quantitative estimate of drug-likeness (QED) is 0.387. The van der Waals surface area contributed by atoms with Crippen LogP contribution >= 0.6 is 27.5 Å². The van der Waals surface area contributed by atoms with Crippen LogP contribution in [-0.4, -0.2) is 19.9 Å². The SMILES string of the molecule is C=CCOc1c(Br)cc(/C=N\NCc2ccccc2Cl)cc1OC. The third-order valence-electron chi connectivity index (χ3n) is 3.13. The van der Waals surface area contributed by atoms with Crippen molar-refractivity contribution in [2.24, 2.45) is 5.10 Å². The van der Waals surface area contributed by atoms with Crippen molar-refractivity contribution in [3.63, 3.8) is 0 Å². The van der Waals surface area contributed by atoms with Gasteiger partial charge in [0.15, 0.2) is 11.5 Å². The summed E-state index contributed by atoms with van der Waals surface area (Å²) in [6, 6.07) is 11.4. The second kappa shape index (κ2) is 9.35. The fourth-order valence-corrected chi connectivity index (χ4v) is 2.77. The Balaban J connectivity index is 2.05. The minimum absolute atomic E-state index is 0.405. The Morgan fingerprint density at radius 1 is 1.33 bits per heavy atom. The van der Waals surface area contributed by atoms with Crippen molar-refractivity contribution in [3.8, 4) is 11.5 Å². The lowest BCUT2D eigenvalue weighted by molar-refractivity contribution is 0.324. The van der Waals surface area contributed by atoms with Crippen LogP contribution in [0.5, 0.6) is 11.5 Å². The van der Waals surface area contributed by atoms with Crippen molar-refractivity contribution < 1.29 is 9.47 Å². The van der Waals surface area contributed by atoms with Crippen molar-refractivity contribution in [3.05, 3.63) is 69.7 Å². The van der Waals surface area contributed by atoms with Gasteiger partial charge in [0.05, 0.1) is 24.3 Å². The molecule has 126 valence electrons. The average Bonchev–Trinajstić information content (AvgIpc) is 2.58. The highest BCUT2D eigenvalue weighted by Gasteiger charge is 2.10. The Morgan fingerprint density at radius 2 is 2.12 bits per heavy atom. The summed E-state index contributed by atoms with van der Waals surface area (Å²) < 4.78 is 11.7. The zero-order chi connectivity index (χ0) is 17.4. The molecule has 0 saturated heterocycles. The summed E-state index contributed by atoms with van der Waals surface area (Å²) in [5.41, 5.74) is 4.84. The second-order valence-corrected chi connectivity index (χ2v) is 6.08. The molecular formula is C18H18BrClN2O2. The molecule has 0 aliphatic heterocycles. The Hall–Kier alpha value is -1.98. The summed E-state index contributed by atoms with van der Waals surface area (Å²) in [7, 11) is 1.60. The van der Waals surface area contributed by atoms with E-state index in [-0.39, 0.29) is 0 Å². The van der Waals surface area contributed by atoms with Gasteiger partial charge in [0.1, 0.15) is 6.61 Å². The summed E-state index contributed by atoms with van der Waals surface area (Å²) in [5.74, 6) is 1.26. The number of ether oxygens (including phenoxy) is 2. The molecule has 0 aliphatic rings. The Kier molecular flexibility index (Phi) is 7.15. The van der Waals surface area contributed by atoms with Gasteiger partial charge in [-0.25, -0.2) is 0 Å². The smallest absolute Gasteiger partial charge is 0.175 e. The Morgan fingerprint density at radius 3 is 2.83 bits per heavy atom. The lowest BCUT2D eigenvalue weighted by Gasteiger charge is -2.12. The van der Waals surface area contributed by atoms with Gasteiger partial charge in [0.2, 0.25) is 0 Å². The first-order valence-corrected chi connectivity index (χ1v) is 8.43. The number of nitrogens with zero attached hydrogens (tertiary/aromatic N) is 1. The van der Waals surface area contributed by atoms with Crippen LogP contribution in [0.4, 0.5) is 0 Å². The van der Waals surface area contributed by atoms with Crippen LogP contribution in [0.1, 0.15) is 11.1 Å². The molecular weight excluding hydrogens is 392 g/mol. The van der Waals surface area contributed by atoms with Crippen molar-refractivity contribution >= 4 is 33.7 Å². The largest absolute Gasteiger partial charge is 0.493 e. The topological polar surface area (TPSA) is 42.8 Å². The predicted octanol–water partition coefficient (Wildman–Crippen LogP) is 4.80. The molecule has 0 saturated carbocycles. The highest BCUT2D eigenvalue weighted by Crippen LogP contribution is 2.36. The van der Waals surface area contributed by atoms with Gasteiger partial charge in [0.25, 0.3) is 0 Å². The van der Waals surface area contributed by atoms with Crippen LogP contribution in [0.15, 0.2) is 58.6 Å². The standard InChI is InChI=1S/C18H18BrClN2O2/c1-3-8-24-18-15(19)9-13(10-17(18)23-2)11-21-22-12-14-6-4-5-7-16(14)20/h3-7,9-11,22H,1,8,12H2,2H3/b21-11-. The maximum absolute atomic E-state index is 6.10. The van der Waals surface area contributed by atoms with Crippen LogP contribution < -0.4 is 14.9 Å². The first-order chi connectivity index (χ1) is 11.7. The molecule has 0 aromatic heterocycles. The van der Waals surface area contributed by atoms with Crippen LogP contribution in [0.3, 0.4) is 0 Å². The van der Waals surface area contributed by atoms with E-state index in [4.69, 9.17) is 21.1 Å². The fourth-order valence-electron chi connectivity index (χ4n) is 1.99. The van der Waals surface area contributed by atoms with Crippen molar-refractivity contribution in [2.45, 2.75) is 6.54 Å². The lowest BCUT2D eigenvalue weighted by Crippen LogP contribution is -2.06. The summed E-state index contributed by atoms with van der Waals surface area (Å²) >= 11 is 9.59. The highest BCUT2D eigenvalue weighted by molar-refractivity contribution is 9.10. The van der Waals surface area contributed by atoms with E-state index < -0.39 is 0 Å². The van der Waals surface area contributed by atoms with Crippen molar-refractivity contribution in [1.29, 1.82) is 0 Å². The number of benzene rings is 2. The van der Waals surface area contributed by atoms with Gasteiger partial charge in [-0.3, -0.25) is 0 Å². The molecule has 0 unspecified atom stereocenters. The predicted molar refractivity (Wildman–Crippen MR) is 102 cm³/mol. The fraction of sp³-hybridized carbons (Fsp3) is 0.167. The lowest BCUT2D eigenvalue weighted by atomic mass is 10.2.